The van der Waals surface area contributed by atoms with Crippen LogP contribution in [0.3, 0.4) is 0 Å². The minimum Gasteiger partial charge on any atom is -0.305 e. The summed E-state index contributed by atoms with van der Waals surface area (Å²) in [6.07, 6.45) is 4.60. The Morgan fingerprint density at radius 2 is 2.26 bits per heavy atom. The van der Waals surface area contributed by atoms with Gasteiger partial charge in [-0.1, -0.05) is 0 Å². The third-order valence-corrected chi connectivity index (χ3v) is 3.39. The number of halogens is 1. The van der Waals surface area contributed by atoms with Gasteiger partial charge in [0.15, 0.2) is 4.96 Å². The second-order valence-corrected chi connectivity index (χ2v) is 5.19. The summed E-state index contributed by atoms with van der Waals surface area (Å²) < 4.78 is 14.5. The average Bonchev–Trinajstić information content (AvgIpc) is 2.89. The fourth-order valence-corrected chi connectivity index (χ4v) is 2.46. The predicted molar refractivity (Wildman–Crippen MR) is 70.0 cm³/mol. The third-order valence-electron chi connectivity index (χ3n) is 2.47. The van der Waals surface area contributed by atoms with Crippen LogP contribution in [0.1, 0.15) is 15.4 Å². The van der Waals surface area contributed by atoms with Crippen molar-refractivity contribution in [2.24, 2.45) is 0 Å². The van der Waals surface area contributed by atoms with Gasteiger partial charge in [-0.3, -0.25) is 9.20 Å². The van der Waals surface area contributed by atoms with Crippen LogP contribution in [-0.2, 0) is 0 Å². The Balaban J connectivity index is 1.83. The number of hydrogen-bond acceptors (Lipinski definition) is 4. The lowest BCUT2D eigenvalue weighted by Gasteiger charge is -2.00. The molecular weight excluding hydrogens is 267 g/mol. The van der Waals surface area contributed by atoms with Crippen LogP contribution >= 0.6 is 11.3 Å². The topological polar surface area (TPSA) is 59.3 Å². The highest BCUT2D eigenvalue weighted by Crippen LogP contribution is 2.17. The number of anilines is 1. The van der Waals surface area contributed by atoms with Crippen molar-refractivity contribution in [2.75, 3.05) is 5.32 Å². The quantitative estimate of drug-likeness (QED) is 0.782. The summed E-state index contributed by atoms with van der Waals surface area (Å²) >= 11 is 1.51. The van der Waals surface area contributed by atoms with E-state index in [1.54, 1.807) is 10.6 Å². The summed E-state index contributed by atoms with van der Waals surface area (Å²) in [4.78, 5) is 21.8. The number of hydrogen-bond donors (Lipinski definition) is 1. The first-order valence-electron chi connectivity index (χ1n) is 5.50. The number of carbonyl (C=O) groups excluding carboxylic acids is 1. The van der Waals surface area contributed by atoms with Gasteiger partial charge in [0.25, 0.3) is 5.91 Å². The molecule has 0 atom stereocenters. The lowest BCUT2D eigenvalue weighted by Crippen LogP contribution is -2.13. The van der Waals surface area contributed by atoms with Gasteiger partial charge in [-0.05, 0) is 19.1 Å². The van der Waals surface area contributed by atoms with Crippen LogP contribution in [0.15, 0.2) is 30.7 Å². The Labute approximate surface area is 111 Å². The highest BCUT2D eigenvalue weighted by atomic mass is 32.1. The fourth-order valence-electron chi connectivity index (χ4n) is 1.65. The standard InChI is InChI=1S/C12H9FN4OS/c1-7-5-17-6-9(15-12(17)19-7)11(18)16-10-3-2-8(13)4-14-10/h2-6H,1H3,(H,14,16,18). The van der Waals surface area contributed by atoms with E-state index in [9.17, 15) is 9.18 Å². The van der Waals surface area contributed by atoms with E-state index in [0.29, 0.717) is 11.5 Å². The minimum atomic E-state index is -0.448. The summed E-state index contributed by atoms with van der Waals surface area (Å²) in [6, 6.07) is 2.63. The second-order valence-electron chi connectivity index (χ2n) is 3.97. The number of nitrogens with zero attached hydrogens (tertiary/aromatic N) is 3. The van der Waals surface area contributed by atoms with Gasteiger partial charge in [0.05, 0.1) is 6.20 Å². The molecule has 1 N–H and O–H groups in total. The zero-order valence-corrected chi connectivity index (χ0v) is 10.7. The molecule has 3 aromatic rings. The minimum absolute atomic E-state index is 0.291. The molecule has 0 aromatic carbocycles. The Hall–Kier alpha value is -2.28. The van der Waals surface area contributed by atoms with Crippen LogP contribution in [0.25, 0.3) is 4.96 Å². The lowest BCUT2D eigenvalue weighted by molar-refractivity contribution is 0.102. The third kappa shape index (κ3) is 2.32. The van der Waals surface area contributed by atoms with Crippen LogP contribution in [0, 0.1) is 12.7 Å². The van der Waals surface area contributed by atoms with Gasteiger partial charge in [0.2, 0.25) is 0 Å². The maximum Gasteiger partial charge on any atom is 0.277 e. The molecule has 96 valence electrons. The fraction of sp³-hybridized carbons (Fsp3) is 0.0833. The zero-order valence-electron chi connectivity index (χ0n) is 9.92. The molecule has 0 unspecified atom stereocenters. The summed E-state index contributed by atoms with van der Waals surface area (Å²) in [5.41, 5.74) is 0.303. The molecule has 5 nitrogen and oxygen atoms in total. The summed E-state index contributed by atoms with van der Waals surface area (Å²) in [6.45, 7) is 1.97. The number of amides is 1. The summed E-state index contributed by atoms with van der Waals surface area (Å²) in [7, 11) is 0. The van der Waals surface area contributed by atoms with E-state index in [4.69, 9.17) is 0 Å². The Morgan fingerprint density at radius 3 is 2.95 bits per heavy atom. The monoisotopic (exact) mass is 276 g/mol. The molecule has 0 fully saturated rings. The van der Waals surface area contributed by atoms with Gasteiger partial charge in [0.1, 0.15) is 17.3 Å². The smallest absolute Gasteiger partial charge is 0.277 e. The summed E-state index contributed by atoms with van der Waals surface area (Å²) in [5.74, 6) is -0.525. The van der Waals surface area contributed by atoms with Crippen molar-refractivity contribution in [2.45, 2.75) is 6.92 Å². The van der Waals surface area contributed by atoms with Gasteiger partial charge in [0, 0.05) is 17.3 Å². The highest BCUT2D eigenvalue weighted by Gasteiger charge is 2.12. The Bertz CT molecular complexity index is 715. The van der Waals surface area contributed by atoms with Gasteiger partial charge < -0.3 is 5.32 Å². The number of rotatable bonds is 2. The number of aryl methyl sites for hydroxylation is 1. The number of nitrogens with one attached hydrogen (secondary N) is 1. The second kappa shape index (κ2) is 4.43. The molecule has 0 aliphatic rings. The number of fused-ring (bicyclic) bond motifs is 1. The van der Waals surface area contributed by atoms with E-state index in [1.807, 2.05) is 13.1 Å². The molecule has 19 heavy (non-hydrogen) atoms. The predicted octanol–water partition coefficient (Wildman–Crippen LogP) is 2.49. The van der Waals surface area contributed by atoms with Crippen molar-refractivity contribution in [3.05, 3.63) is 47.1 Å². The van der Waals surface area contributed by atoms with Crippen molar-refractivity contribution in [1.82, 2.24) is 14.4 Å². The van der Waals surface area contributed by atoms with Crippen molar-refractivity contribution in [1.29, 1.82) is 0 Å². The molecule has 0 spiro atoms. The summed E-state index contributed by atoms with van der Waals surface area (Å²) in [5, 5.41) is 2.56. The molecule has 0 saturated heterocycles. The maximum absolute atomic E-state index is 12.7. The molecule has 0 bridgehead atoms. The van der Waals surface area contributed by atoms with E-state index in [-0.39, 0.29) is 5.91 Å². The van der Waals surface area contributed by atoms with Crippen LogP contribution in [0.4, 0.5) is 10.2 Å². The van der Waals surface area contributed by atoms with Crippen molar-refractivity contribution < 1.29 is 9.18 Å². The largest absolute Gasteiger partial charge is 0.305 e. The molecular formula is C12H9FN4OS. The van der Waals surface area contributed by atoms with Crippen LogP contribution in [-0.4, -0.2) is 20.3 Å². The number of imidazole rings is 1. The van der Waals surface area contributed by atoms with Crippen LogP contribution < -0.4 is 5.32 Å². The SMILES string of the molecule is Cc1cn2cc(C(=O)Nc3ccc(F)cn3)nc2s1. The maximum atomic E-state index is 12.7. The van der Waals surface area contributed by atoms with E-state index >= 15 is 0 Å². The van der Waals surface area contributed by atoms with E-state index in [1.165, 1.54) is 23.5 Å². The van der Waals surface area contributed by atoms with E-state index in [0.717, 1.165) is 16.0 Å². The van der Waals surface area contributed by atoms with Crippen molar-refractivity contribution in [3.8, 4) is 0 Å². The molecule has 0 aliphatic heterocycles. The van der Waals surface area contributed by atoms with E-state index < -0.39 is 5.82 Å². The molecule has 7 heteroatoms. The van der Waals surface area contributed by atoms with Gasteiger partial charge in [-0.15, -0.1) is 11.3 Å². The molecule has 0 aliphatic carbocycles. The first kappa shape index (κ1) is 11.8. The average molecular weight is 276 g/mol. The van der Waals surface area contributed by atoms with Gasteiger partial charge in [-0.2, -0.15) is 0 Å². The zero-order chi connectivity index (χ0) is 13.4. The first-order chi connectivity index (χ1) is 9.11. The first-order valence-corrected chi connectivity index (χ1v) is 6.31. The van der Waals surface area contributed by atoms with Crippen molar-refractivity contribution in [3.63, 3.8) is 0 Å². The number of pyridine rings is 1. The number of carbonyl (C=O) groups is 1. The molecule has 1 amide bonds. The Morgan fingerprint density at radius 1 is 1.42 bits per heavy atom. The highest BCUT2D eigenvalue weighted by molar-refractivity contribution is 7.17. The molecule has 0 saturated carbocycles. The van der Waals surface area contributed by atoms with Crippen LogP contribution in [0.5, 0.6) is 0 Å². The van der Waals surface area contributed by atoms with E-state index in [2.05, 4.69) is 15.3 Å². The molecule has 3 heterocycles. The van der Waals surface area contributed by atoms with Crippen molar-refractivity contribution >= 4 is 28.0 Å². The number of thiazole rings is 1. The molecule has 3 aromatic heterocycles. The normalized spacial score (nSPS) is 10.8. The lowest BCUT2D eigenvalue weighted by atomic mass is 10.4. The van der Waals surface area contributed by atoms with Gasteiger partial charge in [-0.25, -0.2) is 14.4 Å². The van der Waals surface area contributed by atoms with Gasteiger partial charge >= 0.3 is 0 Å². The molecule has 0 radical (unpaired) electrons. The van der Waals surface area contributed by atoms with Crippen LogP contribution in [0.2, 0.25) is 0 Å². The number of aromatic nitrogens is 3. The Kier molecular flexibility index (Phi) is 2.75. The molecule has 3 rings (SSSR count).